The second-order valence-corrected chi connectivity index (χ2v) is 6.28. The molecule has 1 aliphatic rings. The van der Waals surface area contributed by atoms with Gasteiger partial charge >= 0.3 is 5.97 Å². The van der Waals surface area contributed by atoms with E-state index in [2.05, 4.69) is 0 Å². The van der Waals surface area contributed by atoms with Crippen molar-refractivity contribution in [2.75, 3.05) is 11.4 Å². The van der Waals surface area contributed by atoms with Crippen molar-refractivity contribution in [1.29, 1.82) is 0 Å². The van der Waals surface area contributed by atoms with E-state index in [1.54, 1.807) is 29.2 Å². The van der Waals surface area contributed by atoms with Crippen molar-refractivity contribution < 1.29 is 19.1 Å². The van der Waals surface area contributed by atoms with E-state index >= 15 is 0 Å². The predicted molar refractivity (Wildman–Crippen MR) is 93.8 cm³/mol. The number of carbonyl (C=O) groups excluding carboxylic acids is 3. The van der Waals surface area contributed by atoms with Crippen LogP contribution in [0.1, 0.15) is 27.9 Å². The molecule has 0 spiro atoms. The summed E-state index contributed by atoms with van der Waals surface area (Å²) in [5, 5.41) is 0. The lowest BCUT2D eigenvalue weighted by molar-refractivity contribution is -0.139. The Hall–Kier alpha value is -2.95. The van der Waals surface area contributed by atoms with Crippen molar-refractivity contribution in [3.63, 3.8) is 0 Å². The average Bonchev–Trinajstić information content (AvgIpc) is 3.00. The van der Waals surface area contributed by atoms with Crippen LogP contribution in [0, 0.1) is 19.8 Å². The fourth-order valence-electron chi connectivity index (χ4n) is 2.82. The first-order valence-corrected chi connectivity index (χ1v) is 8.12. The first kappa shape index (κ1) is 16.9. The van der Waals surface area contributed by atoms with Crippen LogP contribution in [0.25, 0.3) is 0 Å². The zero-order chi connectivity index (χ0) is 18.0. The van der Waals surface area contributed by atoms with Crippen LogP contribution in [-0.4, -0.2) is 24.7 Å². The number of hydrogen-bond acceptors (Lipinski definition) is 4. The van der Waals surface area contributed by atoms with E-state index in [0.29, 0.717) is 17.9 Å². The van der Waals surface area contributed by atoms with Gasteiger partial charge in [-0.1, -0.05) is 6.07 Å². The third-order valence-electron chi connectivity index (χ3n) is 4.50. The number of benzene rings is 2. The first-order chi connectivity index (χ1) is 12.0. The summed E-state index contributed by atoms with van der Waals surface area (Å²) in [7, 11) is 0. The number of ether oxygens (including phenoxy) is 1. The molecule has 0 unspecified atom stereocenters. The molecule has 5 heteroatoms. The van der Waals surface area contributed by atoms with Gasteiger partial charge in [0, 0.05) is 24.2 Å². The summed E-state index contributed by atoms with van der Waals surface area (Å²) in [5.41, 5.74) is 3.58. The fraction of sp³-hybridized carbons (Fsp3) is 0.250. The Morgan fingerprint density at radius 2 is 1.84 bits per heavy atom. The summed E-state index contributed by atoms with van der Waals surface area (Å²) < 4.78 is 5.34. The van der Waals surface area contributed by atoms with Gasteiger partial charge in [-0.05, 0) is 61.4 Å². The summed E-state index contributed by atoms with van der Waals surface area (Å²) in [6.45, 7) is 4.32. The van der Waals surface area contributed by atoms with Crippen molar-refractivity contribution in [3.05, 3.63) is 59.2 Å². The fourth-order valence-corrected chi connectivity index (χ4v) is 2.82. The number of hydrogen-bond donors (Lipinski definition) is 0. The molecule has 2 aromatic carbocycles. The Balaban J connectivity index is 1.69. The molecule has 0 bridgehead atoms. The van der Waals surface area contributed by atoms with Gasteiger partial charge in [0.1, 0.15) is 12.0 Å². The highest BCUT2D eigenvalue weighted by atomic mass is 16.5. The third-order valence-corrected chi connectivity index (χ3v) is 4.50. The molecule has 1 heterocycles. The van der Waals surface area contributed by atoms with E-state index in [-0.39, 0.29) is 12.3 Å². The maximum absolute atomic E-state index is 12.3. The van der Waals surface area contributed by atoms with Crippen LogP contribution in [0.4, 0.5) is 5.69 Å². The normalized spacial score (nSPS) is 16.8. The second kappa shape index (κ2) is 6.89. The van der Waals surface area contributed by atoms with Crippen molar-refractivity contribution in [2.45, 2.75) is 20.3 Å². The maximum atomic E-state index is 12.3. The van der Waals surface area contributed by atoms with Crippen LogP contribution in [0.2, 0.25) is 0 Å². The lowest BCUT2D eigenvalue weighted by Crippen LogP contribution is -2.27. The van der Waals surface area contributed by atoms with Crippen molar-refractivity contribution in [3.8, 4) is 5.75 Å². The number of nitrogens with zero attached hydrogens (tertiary/aromatic N) is 1. The molecule has 3 rings (SSSR count). The number of carbonyl (C=O) groups is 3. The molecular formula is C20H19NO4. The minimum atomic E-state index is -0.500. The molecule has 0 aliphatic carbocycles. The minimum absolute atomic E-state index is 0.0819. The minimum Gasteiger partial charge on any atom is -0.426 e. The van der Waals surface area contributed by atoms with Gasteiger partial charge < -0.3 is 9.64 Å². The summed E-state index contributed by atoms with van der Waals surface area (Å²) in [4.78, 5) is 36.9. The van der Waals surface area contributed by atoms with Crippen LogP contribution in [-0.2, 0) is 9.59 Å². The summed E-state index contributed by atoms with van der Waals surface area (Å²) in [6.07, 6.45) is 0.862. The molecule has 1 saturated heterocycles. The Morgan fingerprint density at radius 1 is 1.12 bits per heavy atom. The van der Waals surface area contributed by atoms with E-state index < -0.39 is 11.9 Å². The van der Waals surface area contributed by atoms with Crippen molar-refractivity contribution in [2.24, 2.45) is 5.92 Å². The second-order valence-electron chi connectivity index (χ2n) is 6.28. The number of amides is 1. The smallest absolute Gasteiger partial charge is 0.316 e. The summed E-state index contributed by atoms with van der Waals surface area (Å²) in [5.74, 6) is -0.646. The number of rotatable bonds is 4. The molecule has 0 aromatic heterocycles. The van der Waals surface area contributed by atoms with Gasteiger partial charge in [0.25, 0.3) is 0 Å². The number of esters is 1. The molecule has 0 saturated carbocycles. The predicted octanol–water partition coefficient (Wildman–Crippen LogP) is 3.07. The lowest BCUT2D eigenvalue weighted by Gasteiger charge is -2.17. The molecule has 1 amide bonds. The van der Waals surface area contributed by atoms with Gasteiger partial charge in [-0.3, -0.25) is 14.4 Å². The lowest BCUT2D eigenvalue weighted by atomic mass is 10.1. The SMILES string of the molecule is Cc1ccc(N2C[C@@H](C(=O)Oc3ccc(C=O)cc3)CC2=O)cc1C. The number of aldehydes is 1. The molecule has 25 heavy (non-hydrogen) atoms. The quantitative estimate of drug-likeness (QED) is 0.489. The zero-order valence-corrected chi connectivity index (χ0v) is 14.2. The zero-order valence-electron chi connectivity index (χ0n) is 14.2. The van der Waals surface area contributed by atoms with E-state index in [4.69, 9.17) is 4.74 Å². The van der Waals surface area contributed by atoms with Crippen LogP contribution in [0.3, 0.4) is 0 Å². The molecule has 5 nitrogen and oxygen atoms in total. The van der Waals surface area contributed by atoms with Gasteiger partial charge in [0.15, 0.2) is 0 Å². The molecule has 2 aromatic rings. The van der Waals surface area contributed by atoms with Gasteiger partial charge in [-0.15, -0.1) is 0 Å². The largest absolute Gasteiger partial charge is 0.426 e. The van der Waals surface area contributed by atoms with Gasteiger partial charge in [0.05, 0.1) is 5.92 Å². The van der Waals surface area contributed by atoms with E-state index in [1.807, 2.05) is 32.0 Å². The summed E-state index contributed by atoms with van der Waals surface area (Å²) in [6, 6.07) is 12.1. The molecule has 0 radical (unpaired) electrons. The Bertz CT molecular complexity index is 826. The van der Waals surface area contributed by atoms with E-state index in [9.17, 15) is 14.4 Å². The molecule has 0 N–H and O–H groups in total. The highest BCUT2D eigenvalue weighted by Crippen LogP contribution is 2.28. The maximum Gasteiger partial charge on any atom is 0.316 e. The third kappa shape index (κ3) is 3.60. The average molecular weight is 337 g/mol. The Kier molecular flexibility index (Phi) is 4.65. The van der Waals surface area contributed by atoms with Gasteiger partial charge in [-0.25, -0.2) is 0 Å². The first-order valence-electron chi connectivity index (χ1n) is 8.12. The molecule has 128 valence electrons. The van der Waals surface area contributed by atoms with Crippen LogP contribution in [0.15, 0.2) is 42.5 Å². The van der Waals surface area contributed by atoms with E-state index in [0.717, 1.165) is 23.1 Å². The molecule has 1 atom stereocenters. The monoisotopic (exact) mass is 337 g/mol. The number of anilines is 1. The van der Waals surface area contributed by atoms with E-state index in [1.165, 1.54) is 0 Å². The molecular weight excluding hydrogens is 318 g/mol. The number of aryl methyl sites for hydroxylation is 2. The van der Waals surface area contributed by atoms with Crippen molar-refractivity contribution in [1.82, 2.24) is 0 Å². The van der Waals surface area contributed by atoms with Crippen molar-refractivity contribution >= 4 is 23.9 Å². The highest BCUT2D eigenvalue weighted by Gasteiger charge is 2.36. The molecule has 1 aliphatic heterocycles. The van der Waals surface area contributed by atoms with Crippen LogP contribution < -0.4 is 9.64 Å². The van der Waals surface area contributed by atoms with Gasteiger partial charge in [-0.2, -0.15) is 0 Å². The van der Waals surface area contributed by atoms with Crippen LogP contribution >= 0.6 is 0 Å². The standard InChI is InChI=1S/C20H19NO4/c1-13-3-6-17(9-14(13)2)21-11-16(10-19(21)23)20(24)25-18-7-4-15(12-22)5-8-18/h3-9,12,16H,10-11H2,1-2H3/t16-/m0/s1. The van der Waals surface area contributed by atoms with Crippen LogP contribution in [0.5, 0.6) is 5.75 Å². The molecule has 1 fully saturated rings. The Labute approximate surface area is 146 Å². The topological polar surface area (TPSA) is 63.7 Å². The summed E-state index contributed by atoms with van der Waals surface area (Å²) >= 11 is 0. The highest BCUT2D eigenvalue weighted by molar-refractivity contribution is 5.99. The van der Waals surface area contributed by atoms with Gasteiger partial charge in [0.2, 0.25) is 5.91 Å². The Morgan fingerprint density at radius 3 is 2.48 bits per heavy atom.